The van der Waals surface area contributed by atoms with Crippen molar-refractivity contribution in [3.05, 3.63) is 83.9 Å². The lowest BCUT2D eigenvalue weighted by molar-refractivity contribution is -0.122. The van der Waals surface area contributed by atoms with E-state index in [2.05, 4.69) is 54.7 Å². The first-order valence-electron chi connectivity index (χ1n) is 25.9. The van der Waals surface area contributed by atoms with Crippen LogP contribution in [0, 0.1) is 0 Å². The Morgan fingerprint density at radius 1 is 0.579 bits per heavy atom. The lowest BCUT2D eigenvalue weighted by atomic mass is 10.0. The average Bonchev–Trinajstić information content (AvgIpc) is 4.00. The molecule has 0 saturated carbocycles. The van der Waals surface area contributed by atoms with Gasteiger partial charge in [-0.05, 0) is 62.4 Å². The molecule has 6 aliphatic heterocycles. The number of nitrogens with one attached hydrogen (secondary N) is 4. The maximum atomic E-state index is 12.2. The lowest BCUT2D eigenvalue weighted by Crippen LogP contribution is -2.53. The summed E-state index contributed by atoms with van der Waals surface area (Å²) in [6, 6.07) is 23.0. The third-order valence-electron chi connectivity index (χ3n) is 14.9. The van der Waals surface area contributed by atoms with E-state index in [0.717, 1.165) is 44.9 Å². The molecular formula is C54H62N14O8. The molecule has 2 spiro atoms. The molecule has 12 rings (SSSR count). The first-order valence-corrected chi connectivity index (χ1v) is 25.9. The maximum Gasteiger partial charge on any atom is 0.251 e. The van der Waals surface area contributed by atoms with Gasteiger partial charge < -0.3 is 59.8 Å². The summed E-state index contributed by atoms with van der Waals surface area (Å²) < 4.78 is 23.5. The van der Waals surface area contributed by atoms with Gasteiger partial charge in [-0.2, -0.15) is 19.9 Å². The molecule has 0 bridgehead atoms. The van der Waals surface area contributed by atoms with Gasteiger partial charge in [-0.15, -0.1) is 0 Å². The largest absolute Gasteiger partial charge is 0.377 e. The lowest BCUT2D eigenvalue weighted by Gasteiger charge is -2.40. The summed E-state index contributed by atoms with van der Waals surface area (Å²) in [5.41, 5.74) is 4.24. The van der Waals surface area contributed by atoms with Crippen molar-refractivity contribution >= 4 is 69.2 Å². The molecule has 6 aromatic rings. The zero-order chi connectivity index (χ0) is 52.6. The second-order valence-corrected chi connectivity index (χ2v) is 20.2. The van der Waals surface area contributed by atoms with Crippen molar-refractivity contribution in [1.29, 1.82) is 0 Å². The minimum Gasteiger partial charge on any atom is -0.377 e. The number of anilines is 4. The summed E-state index contributed by atoms with van der Waals surface area (Å²) in [7, 11) is 3.23. The Kier molecular flexibility index (Phi) is 14.1. The highest BCUT2D eigenvalue weighted by molar-refractivity contribution is 5.97. The van der Waals surface area contributed by atoms with Crippen LogP contribution in [0.3, 0.4) is 0 Å². The number of carbonyl (C=O) groups is 4. The smallest absolute Gasteiger partial charge is 0.251 e. The zero-order valence-corrected chi connectivity index (χ0v) is 43.1. The number of hydrogen-bond donors (Lipinski definition) is 4. The van der Waals surface area contributed by atoms with Crippen LogP contribution < -0.4 is 40.9 Å². The number of ether oxygens (including phenoxy) is 4. The molecule has 0 radical (unpaired) electrons. The summed E-state index contributed by atoms with van der Waals surface area (Å²) in [6.07, 6.45) is 0.656. The van der Waals surface area contributed by atoms with Crippen LogP contribution in [0.2, 0.25) is 0 Å². The number of benzene rings is 2. The molecular weight excluding hydrogens is 973 g/mol. The van der Waals surface area contributed by atoms with Crippen LogP contribution in [0.1, 0.15) is 47.4 Å². The van der Waals surface area contributed by atoms with E-state index in [4.69, 9.17) is 48.9 Å². The van der Waals surface area contributed by atoms with Gasteiger partial charge in [0.05, 0.1) is 99.8 Å². The van der Waals surface area contributed by atoms with E-state index >= 15 is 0 Å². The second-order valence-electron chi connectivity index (χ2n) is 20.2. The fraction of sp³-hybridized carbons (Fsp3) is 0.444. The second kappa shape index (κ2) is 21.2. The van der Waals surface area contributed by atoms with Gasteiger partial charge in [0.15, 0.2) is 11.3 Å². The van der Waals surface area contributed by atoms with Crippen LogP contribution in [0.15, 0.2) is 72.8 Å². The van der Waals surface area contributed by atoms with Crippen molar-refractivity contribution in [2.24, 2.45) is 0 Å². The standard InChI is InChI=1S/2C27H31N7O4/c2*1-17-14-37-10-9-34(17)24-20-6-7-21(18-4-3-5-19(12-18)25(36)28-2)30-23(20)31-26(32-24)33-8-11-38-27(16-33)13-22(35)29-15-27/h2*3-7,12,17H,8-11,13-16H2,1-2H3,(H,28,36)(H,29,35)/t17-,27+;17-,27-/m00/s1. The van der Waals surface area contributed by atoms with Gasteiger partial charge in [0, 0.05) is 75.6 Å². The highest BCUT2D eigenvalue weighted by Crippen LogP contribution is 2.36. The van der Waals surface area contributed by atoms with Crippen LogP contribution in [-0.2, 0) is 28.5 Å². The Balaban J connectivity index is 0.000000162. The van der Waals surface area contributed by atoms with E-state index in [9.17, 15) is 19.2 Å². The SMILES string of the molecule is CNC(=O)c1cccc(-c2ccc3c(N4CCOC[C@@H]4C)nc(N4CCO[C@@]5(CNC(=O)C5)C4)nc3n2)c1.CNC(=O)c1cccc(-c2ccc3c(N4CCOC[C@@H]4C)nc(N4CCO[C@]5(CNC(=O)C5)C4)nc3n2)c1. The summed E-state index contributed by atoms with van der Waals surface area (Å²) in [6.45, 7) is 12.4. The van der Waals surface area contributed by atoms with E-state index in [0.29, 0.717) is 139 Å². The molecule has 2 aromatic carbocycles. The quantitative estimate of drug-likeness (QED) is 0.171. The van der Waals surface area contributed by atoms with Gasteiger partial charge in [-0.3, -0.25) is 19.2 Å². The van der Waals surface area contributed by atoms with Crippen LogP contribution in [0.5, 0.6) is 0 Å². The predicted octanol–water partition coefficient (Wildman–Crippen LogP) is 2.74. The van der Waals surface area contributed by atoms with Crippen molar-refractivity contribution in [3.8, 4) is 22.5 Å². The molecule has 76 heavy (non-hydrogen) atoms. The molecule has 6 saturated heterocycles. The predicted molar refractivity (Wildman–Crippen MR) is 285 cm³/mol. The normalized spacial score (nSPS) is 23.6. The third-order valence-corrected chi connectivity index (χ3v) is 14.9. The van der Waals surface area contributed by atoms with Crippen molar-refractivity contribution < 1.29 is 38.1 Å². The monoisotopic (exact) mass is 1030 g/mol. The Labute approximate surface area is 439 Å². The van der Waals surface area contributed by atoms with E-state index in [1.165, 1.54) is 0 Å². The number of hydrogen-bond acceptors (Lipinski definition) is 18. The number of morpholine rings is 4. The van der Waals surface area contributed by atoms with Gasteiger partial charge in [0.25, 0.3) is 11.8 Å². The number of amides is 4. The molecule has 6 fully saturated rings. The van der Waals surface area contributed by atoms with Crippen LogP contribution in [0.4, 0.5) is 23.5 Å². The molecule has 4 amide bonds. The Morgan fingerprint density at radius 3 is 1.42 bits per heavy atom. The number of nitrogens with zero attached hydrogens (tertiary/aromatic N) is 10. The number of carbonyl (C=O) groups excluding carboxylic acids is 4. The van der Waals surface area contributed by atoms with Gasteiger partial charge in [-0.1, -0.05) is 24.3 Å². The van der Waals surface area contributed by atoms with Crippen molar-refractivity contribution in [3.63, 3.8) is 0 Å². The van der Waals surface area contributed by atoms with Crippen LogP contribution >= 0.6 is 0 Å². The van der Waals surface area contributed by atoms with Crippen LogP contribution in [-0.4, -0.2) is 183 Å². The first-order chi connectivity index (χ1) is 36.9. The fourth-order valence-corrected chi connectivity index (χ4v) is 10.8. The molecule has 22 nitrogen and oxygen atoms in total. The molecule has 0 aliphatic carbocycles. The van der Waals surface area contributed by atoms with Gasteiger partial charge in [0.1, 0.15) is 22.8 Å². The van der Waals surface area contributed by atoms with Crippen molar-refractivity contribution in [1.82, 2.24) is 51.2 Å². The molecule has 0 unspecified atom stereocenters. The molecule has 4 N–H and O–H groups in total. The summed E-state index contributed by atoms with van der Waals surface area (Å²) in [5, 5.41) is 12.8. The summed E-state index contributed by atoms with van der Waals surface area (Å²) in [4.78, 5) is 86.9. The van der Waals surface area contributed by atoms with Crippen LogP contribution in [0.25, 0.3) is 44.6 Å². The number of pyridine rings is 2. The Morgan fingerprint density at radius 2 is 1.03 bits per heavy atom. The number of rotatable bonds is 8. The van der Waals surface area contributed by atoms with Gasteiger partial charge in [-0.25, -0.2) is 9.97 Å². The third kappa shape index (κ3) is 10.2. The van der Waals surface area contributed by atoms with Gasteiger partial charge in [0.2, 0.25) is 23.7 Å². The molecule has 396 valence electrons. The first kappa shape index (κ1) is 50.5. The van der Waals surface area contributed by atoms with E-state index in [1.807, 2.05) is 60.7 Å². The zero-order valence-electron chi connectivity index (χ0n) is 43.1. The highest BCUT2D eigenvalue weighted by Gasteiger charge is 2.45. The molecule has 22 heteroatoms. The van der Waals surface area contributed by atoms with Crippen molar-refractivity contribution in [2.45, 2.75) is 50.0 Å². The molecule has 6 aliphatic rings. The van der Waals surface area contributed by atoms with Crippen molar-refractivity contribution in [2.75, 3.05) is 126 Å². The summed E-state index contributed by atoms with van der Waals surface area (Å²) in [5.74, 6) is 2.47. The maximum absolute atomic E-state index is 12.2. The van der Waals surface area contributed by atoms with E-state index < -0.39 is 11.2 Å². The molecule has 4 atom stereocenters. The topological polar surface area (TPSA) is 244 Å². The Bertz CT molecular complexity index is 3010. The Hall–Kier alpha value is -7.66. The fourth-order valence-electron chi connectivity index (χ4n) is 10.8. The minimum absolute atomic E-state index is 0.000552. The number of aromatic nitrogens is 6. The van der Waals surface area contributed by atoms with Gasteiger partial charge >= 0.3 is 0 Å². The van der Waals surface area contributed by atoms with E-state index in [-0.39, 0.29) is 35.7 Å². The van der Waals surface area contributed by atoms with E-state index in [1.54, 1.807) is 26.2 Å². The summed E-state index contributed by atoms with van der Waals surface area (Å²) >= 11 is 0. The number of fused-ring (bicyclic) bond motifs is 2. The average molecular weight is 1040 g/mol. The highest BCUT2D eigenvalue weighted by atomic mass is 16.5. The molecule has 4 aromatic heterocycles. The minimum atomic E-state index is -0.574. The molecule has 10 heterocycles.